The molecule has 2 aromatic rings. The summed E-state index contributed by atoms with van der Waals surface area (Å²) in [6.45, 7) is 2.27. The van der Waals surface area contributed by atoms with Crippen LogP contribution in [-0.2, 0) is 4.79 Å². The van der Waals surface area contributed by atoms with Crippen molar-refractivity contribution in [2.24, 2.45) is 5.10 Å². The zero-order chi connectivity index (χ0) is 29.7. The molecule has 0 heterocycles. The Balaban J connectivity index is 1.57. The SMILES string of the molecule is CCCCCCCCCCCCCCCCCC(=O)N/N=C/c1ccc(OC(=O)c2ccc(Cl)c(Cl)c2)c(OC)c1. The number of hydrogen-bond donors (Lipinski definition) is 1. The molecule has 0 saturated carbocycles. The van der Waals surface area contributed by atoms with Gasteiger partial charge in [0.05, 0.1) is 28.9 Å². The van der Waals surface area contributed by atoms with E-state index in [0.717, 1.165) is 12.8 Å². The molecular weight excluding hydrogens is 559 g/mol. The van der Waals surface area contributed by atoms with Crippen LogP contribution < -0.4 is 14.9 Å². The lowest BCUT2D eigenvalue weighted by Crippen LogP contribution is -2.16. The Hall–Kier alpha value is -2.57. The van der Waals surface area contributed by atoms with Crippen LogP contribution in [-0.4, -0.2) is 25.2 Å². The Morgan fingerprint density at radius 3 is 1.90 bits per heavy atom. The number of methoxy groups -OCH3 is 1. The fourth-order valence-electron chi connectivity index (χ4n) is 4.52. The molecule has 0 fully saturated rings. The van der Waals surface area contributed by atoms with E-state index in [9.17, 15) is 9.59 Å². The molecule has 0 atom stereocenters. The Bertz CT molecular complexity index is 1090. The number of hydrazone groups is 1. The number of nitrogens with zero attached hydrogens (tertiary/aromatic N) is 1. The summed E-state index contributed by atoms with van der Waals surface area (Å²) in [7, 11) is 1.48. The smallest absolute Gasteiger partial charge is 0.343 e. The quantitative estimate of drug-likeness (QED) is 0.0505. The van der Waals surface area contributed by atoms with Crippen LogP contribution in [0.5, 0.6) is 11.5 Å². The van der Waals surface area contributed by atoms with Gasteiger partial charge in [0.15, 0.2) is 11.5 Å². The van der Waals surface area contributed by atoms with Gasteiger partial charge in [0.2, 0.25) is 5.91 Å². The molecule has 226 valence electrons. The first kappa shape index (κ1) is 34.6. The van der Waals surface area contributed by atoms with Crippen LogP contribution in [0.25, 0.3) is 0 Å². The number of amides is 1. The number of nitrogens with one attached hydrogen (secondary N) is 1. The van der Waals surface area contributed by atoms with Crippen LogP contribution in [0.2, 0.25) is 10.0 Å². The lowest BCUT2D eigenvalue weighted by molar-refractivity contribution is -0.121. The van der Waals surface area contributed by atoms with E-state index in [1.54, 1.807) is 18.2 Å². The Morgan fingerprint density at radius 1 is 0.756 bits per heavy atom. The maximum Gasteiger partial charge on any atom is 0.343 e. The average molecular weight is 606 g/mol. The van der Waals surface area contributed by atoms with Crippen LogP contribution in [0, 0.1) is 0 Å². The predicted octanol–water partition coefficient (Wildman–Crippen LogP) is 9.93. The standard InChI is InChI=1S/C33H46Cl2N2O4/c1-3-4-5-6-7-8-9-10-11-12-13-14-15-16-17-18-32(38)37-36-25-26-19-22-30(31(23-26)40-2)41-33(39)27-20-21-28(34)29(35)24-27/h19-25H,3-18H2,1-2H3,(H,37,38)/b36-25+. The predicted molar refractivity (Wildman–Crippen MR) is 170 cm³/mol. The van der Waals surface area contributed by atoms with Crippen molar-refractivity contribution in [3.05, 3.63) is 57.6 Å². The molecule has 0 aliphatic rings. The maximum absolute atomic E-state index is 12.5. The molecule has 1 amide bonds. The zero-order valence-electron chi connectivity index (χ0n) is 24.7. The van der Waals surface area contributed by atoms with Gasteiger partial charge in [0.1, 0.15) is 0 Å². The van der Waals surface area contributed by atoms with Crippen LogP contribution in [0.1, 0.15) is 126 Å². The van der Waals surface area contributed by atoms with Gasteiger partial charge in [-0.2, -0.15) is 5.10 Å². The number of esters is 1. The summed E-state index contributed by atoms with van der Waals surface area (Å²) < 4.78 is 10.8. The summed E-state index contributed by atoms with van der Waals surface area (Å²) >= 11 is 11.9. The second-order valence-corrected chi connectivity index (χ2v) is 11.2. The van der Waals surface area contributed by atoms with E-state index in [1.807, 2.05) is 0 Å². The minimum absolute atomic E-state index is 0.102. The van der Waals surface area contributed by atoms with Crippen molar-refractivity contribution in [2.75, 3.05) is 7.11 Å². The normalized spacial score (nSPS) is 11.1. The van der Waals surface area contributed by atoms with E-state index < -0.39 is 5.97 Å². The molecule has 2 rings (SSSR count). The molecule has 1 N–H and O–H groups in total. The second kappa shape index (κ2) is 21.2. The van der Waals surface area contributed by atoms with Gasteiger partial charge >= 0.3 is 5.97 Å². The molecule has 41 heavy (non-hydrogen) atoms. The fraction of sp³-hybridized carbons (Fsp3) is 0.545. The van der Waals surface area contributed by atoms with Crippen LogP contribution in [0.4, 0.5) is 0 Å². The molecule has 0 aliphatic heterocycles. The highest BCUT2D eigenvalue weighted by molar-refractivity contribution is 6.42. The molecule has 6 nitrogen and oxygen atoms in total. The lowest BCUT2D eigenvalue weighted by Gasteiger charge is -2.10. The van der Waals surface area contributed by atoms with Gasteiger partial charge in [0, 0.05) is 6.42 Å². The van der Waals surface area contributed by atoms with Crippen molar-refractivity contribution in [1.29, 1.82) is 0 Å². The topological polar surface area (TPSA) is 77.0 Å². The molecule has 0 spiro atoms. The first-order valence-electron chi connectivity index (χ1n) is 15.1. The van der Waals surface area contributed by atoms with Crippen molar-refractivity contribution < 1.29 is 19.1 Å². The van der Waals surface area contributed by atoms with Gasteiger partial charge in [-0.1, -0.05) is 120 Å². The van der Waals surface area contributed by atoms with Gasteiger partial charge in [-0.3, -0.25) is 4.79 Å². The Kier molecular flexibility index (Phi) is 17.9. The molecule has 0 aromatic heterocycles. The summed E-state index contributed by atoms with van der Waals surface area (Å²) in [5, 5.41) is 4.66. The van der Waals surface area contributed by atoms with E-state index in [4.69, 9.17) is 32.7 Å². The van der Waals surface area contributed by atoms with Gasteiger partial charge < -0.3 is 9.47 Å². The number of halogens is 2. The first-order valence-corrected chi connectivity index (χ1v) is 15.9. The molecule has 8 heteroatoms. The number of benzene rings is 2. The van der Waals surface area contributed by atoms with Gasteiger partial charge in [-0.15, -0.1) is 0 Å². The number of ether oxygens (including phenoxy) is 2. The number of hydrogen-bond acceptors (Lipinski definition) is 5. The minimum Gasteiger partial charge on any atom is -0.493 e. The number of carbonyl (C=O) groups excluding carboxylic acids is 2. The lowest BCUT2D eigenvalue weighted by atomic mass is 10.0. The second-order valence-electron chi connectivity index (χ2n) is 10.4. The molecule has 0 saturated heterocycles. The van der Waals surface area contributed by atoms with Crippen LogP contribution in [0.15, 0.2) is 41.5 Å². The molecule has 0 bridgehead atoms. The summed E-state index contributed by atoms with van der Waals surface area (Å²) in [4.78, 5) is 24.6. The maximum atomic E-state index is 12.5. The largest absolute Gasteiger partial charge is 0.493 e. The highest BCUT2D eigenvalue weighted by atomic mass is 35.5. The van der Waals surface area contributed by atoms with E-state index in [0.29, 0.717) is 22.8 Å². The van der Waals surface area contributed by atoms with Crippen molar-refractivity contribution in [3.8, 4) is 11.5 Å². The molecule has 0 aliphatic carbocycles. The zero-order valence-corrected chi connectivity index (χ0v) is 26.2. The number of rotatable bonds is 21. The van der Waals surface area contributed by atoms with Crippen molar-refractivity contribution in [1.82, 2.24) is 5.43 Å². The summed E-state index contributed by atoms with van der Waals surface area (Å²) in [5.74, 6) is -0.0890. The number of unbranched alkanes of at least 4 members (excludes halogenated alkanes) is 14. The first-order chi connectivity index (χ1) is 19.9. The van der Waals surface area contributed by atoms with Crippen molar-refractivity contribution in [2.45, 2.75) is 110 Å². The molecule has 0 unspecified atom stereocenters. The van der Waals surface area contributed by atoms with Gasteiger partial charge in [-0.25, -0.2) is 10.2 Å². The van der Waals surface area contributed by atoms with Gasteiger partial charge in [0.25, 0.3) is 0 Å². The molecular formula is C33H46Cl2N2O4. The third-order valence-electron chi connectivity index (χ3n) is 6.96. The summed E-state index contributed by atoms with van der Waals surface area (Å²) in [5.41, 5.74) is 3.53. The highest BCUT2D eigenvalue weighted by Crippen LogP contribution is 2.29. The van der Waals surface area contributed by atoms with E-state index >= 15 is 0 Å². The van der Waals surface area contributed by atoms with E-state index in [-0.39, 0.29) is 22.2 Å². The van der Waals surface area contributed by atoms with E-state index in [2.05, 4.69) is 17.5 Å². The van der Waals surface area contributed by atoms with Crippen LogP contribution >= 0.6 is 23.2 Å². The fourth-order valence-corrected chi connectivity index (χ4v) is 4.82. The third kappa shape index (κ3) is 14.8. The highest BCUT2D eigenvalue weighted by Gasteiger charge is 2.14. The molecule has 0 radical (unpaired) electrons. The monoisotopic (exact) mass is 604 g/mol. The Morgan fingerprint density at radius 2 is 1.34 bits per heavy atom. The number of carbonyl (C=O) groups is 2. The Labute approximate surface area is 256 Å². The minimum atomic E-state index is -0.589. The van der Waals surface area contributed by atoms with Gasteiger partial charge in [-0.05, 0) is 48.4 Å². The third-order valence-corrected chi connectivity index (χ3v) is 7.69. The summed E-state index contributed by atoms with van der Waals surface area (Å²) in [6.07, 6.45) is 21.4. The van der Waals surface area contributed by atoms with Crippen molar-refractivity contribution >= 4 is 41.3 Å². The van der Waals surface area contributed by atoms with E-state index in [1.165, 1.54) is 115 Å². The molecule has 2 aromatic carbocycles. The van der Waals surface area contributed by atoms with Crippen LogP contribution in [0.3, 0.4) is 0 Å². The summed E-state index contributed by atoms with van der Waals surface area (Å²) in [6, 6.07) is 9.50. The average Bonchev–Trinajstić information content (AvgIpc) is 2.97. The van der Waals surface area contributed by atoms with Crippen molar-refractivity contribution in [3.63, 3.8) is 0 Å².